The Hall–Kier alpha value is -0.610. The van der Waals surface area contributed by atoms with Crippen molar-refractivity contribution in [3.8, 4) is 0 Å². The van der Waals surface area contributed by atoms with Crippen molar-refractivity contribution in [1.82, 2.24) is 9.80 Å². The first-order valence-corrected chi connectivity index (χ1v) is 8.26. The Morgan fingerprint density at radius 2 is 2.00 bits per heavy atom. The molecule has 2 N–H and O–H groups in total. The number of amides is 1. The van der Waals surface area contributed by atoms with Gasteiger partial charge < -0.3 is 15.5 Å². The monoisotopic (exact) mass is 283 g/mol. The van der Waals surface area contributed by atoms with Crippen LogP contribution < -0.4 is 5.73 Å². The van der Waals surface area contributed by atoms with E-state index in [1.165, 1.54) is 13.0 Å². The summed E-state index contributed by atoms with van der Waals surface area (Å²) in [4.78, 5) is 16.7. The number of nitrogens with zero attached hydrogens (tertiary/aromatic N) is 2. The summed E-state index contributed by atoms with van der Waals surface area (Å²) in [5, 5.41) is 0. The molecule has 1 fully saturated rings. The van der Waals surface area contributed by atoms with E-state index < -0.39 is 0 Å². The highest BCUT2D eigenvalue weighted by atomic mass is 16.2. The number of likely N-dealkylation sites (tertiary alicyclic amines) is 1. The Labute approximate surface area is 124 Å². The summed E-state index contributed by atoms with van der Waals surface area (Å²) in [5.74, 6) is 0.867. The highest BCUT2D eigenvalue weighted by Gasteiger charge is 2.24. The second-order valence-electron chi connectivity index (χ2n) is 6.30. The normalized spacial score (nSPS) is 19.0. The molecular weight excluding hydrogens is 250 g/mol. The molecular formula is C16H33N3O. The fourth-order valence-electron chi connectivity index (χ4n) is 3.03. The minimum atomic E-state index is 0.308. The van der Waals surface area contributed by atoms with Crippen molar-refractivity contribution in [2.24, 2.45) is 11.7 Å². The molecule has 1 saturated heterocycles. The van der Waals surface area contributed by atoms with Crippen molar-refractivity contribution >= 4 is 5.91 Å². The van der Waals surface area contributed by atoms with E-state index in [0.717, 1.165) is 45.3 Å². The molecule has 0 radical (unpaired) electrons. The predicted octanol–water partition coefficient (Wildman–Crippen LogP) is 2.08. The summed E-state index contributed by atoms with van der Waals surface area (Å²) in [6.45, 7) is 8.61. The van der Waals surface area contributed by atoms with Crippen LogP contribution in [0.1, 0.15) is 52.4 Å². The largest absolute Gasteiger partial charge is 0.343 e. The van der Waals surface area contributed by atoms with Crippen LogP contribution >= 0.6 is 0 Å². The third-order valence-corrected chi connectivity index (χ3v) is 4.55. The molecule has 1 atom stereocenters. The highest BCUT2D eigenvalue weighted by Crippen LogP contribution is 2.18. The van der Waals surface area contributed by atoms with Crippen molar-refractivity contribution in [3.05, 3.63) is 0 Å². The molecule has 1 aliphatic rings. The van der Waals surface area contributed by atoms with Crippen LogP contribution in [0, 0.1) is 5.92 Å². The summed E-state index contributed by atoms with van der Waals surface area (Å²) in [7, 11) is 1.98. The summed E-state index contributed by atoms with van der Waals surface area (Å²) in [6, 6.07) is 0.445. The molecule has 1 unspecified atom stereocenters. The van der Waals surface area contributed by atoms with Gasteiger partial charge in [-0.25, -0.2) is 0 Å². The van der Waals surface area contributed by atoms with E-state index in [9.17, 15) is 4.79 Å². The summed E-state index contributed by atoms with van der Waals surface area (Å²) < 4.78 is 0. The van der Waals surface area contributed by atoms with Gasteiger partial charge in [-0.15, -0.1) is 0 Å². The van der Waals surface area contributed by atoms with Gasteiger partial charge in [-0.1, -0.05) is 13.8 Å². The molecule has 1 aliphatic heterocycles. The number of rotatable bonds is 8. The standard InChI is InChI=1S/C16H33N3O/c1-4-11-19-12-8-15(9-13-19)18(3)16(20)6-5-14(2)7-10-17/h14-15H,4-13,17H2,1-3H3. The first kappa shape index (κ1) is 17.4. The van der Waals surface area contributed by atoms with Gasteiger partial charge in [-0.05, 0) is 51.1 Å². The van der Waals surface area contributed by atoms with Gasteiger partial charge in [0, 0.05) is 32.6 Å². The molecule has 0 aromatic carbocycles. The highest BCUT2D eigenvalue weighted by molar-refractivity contribution is 5.76. The van der Waals surface area contributed by atoms with Crippen molar-refractivity contribution < 1.29 is 4.79 Å². The average Bonchev–Trinajstić information content (AvgIpc) is 2.45. The molecule has 0 aliphatic carbocycles. The van der Waals surface area contributed by atoms with Gasteiger partial charge in [0.05, 0.1) is 0 Å². The van der Waals surface area contributed by atoms with E-state index in [0.29, 0.717) is 24.3 Å². The predicted molar refractivity (Wildman–Crippen MR) is 84.6 cm³/mol. The van der Waals surface area contributed by atoms with Gasteiger partial charge in [-0.2, -0.15) is 0 Å². The van der Waals surface area contributed by atoms with Gasteiger partial charge in [0.1, 0.15) is 0 Å². The topological polar surface area (TPSA) is 49.6 Å². The van der Waals surface area contributed by atoms with Crippen molar-refractivity contribution in [2.45, 2.75) is 58.4 Å². The second kappa shape index (κ2) is 9.35. The van der Waals surface area contributed by atoms with Crippen LogP contribution in [0.25, 0.3) is 0 Å². The van der Waals surface area contributed by atoms with Crippen LogP contribution in [0.3, 0.4) is 0 Å². The SMILES string of the molecule is CCCN1CCC(N(C)C(=O)CCC(C)CCN)CC1. The third-order valence-electron chi connectivity index (χ3n) is 4.55. The van der Waals surface area contributed by atoms with E-state index in [4.69, 9.17) is 5.73 Å². The Morgan fingerprint density at radius 1 is 1.35 bits per heavy atom. The first-order chi connectivity index (χ1) is 9.58. The lowest BCUT2D eigenvalue weighted by Gasteiger charge is -2.36. The summed E-state index contributed by atoms with van der Waals surface area (Å²) >= 11 is 0. The minimum Gasteiger partial charge on any atom is -0.343 e. The molecule has 0 saturated carbocycles. The number of piperidine rings is 1. The van der Waals surface area contributed by atoms with Crippen molar-refractivity contribution in [3.63, 3.8) is 0 Å². The van der Waals surface area contributed by atoms with E-state index in [-0.39, 0.29) is 0 Å². The number of hydrogen-bond acceptors (Lipinski definition) is 3. The maximum atomic E-state index is 12.2. The zero-order chi connectivity index (χ0) is 15.0. The fourth-order valence-corrected chi connectivity index (χ4v) is 3.03. The van der Waals surface area contributed by atoms with Crippen molar-refractivity contribution in [1.29, 1.82) is 0 Å². The van der Waals surface area contributed by atoms with E-state index in [2.05, 4.69) is 18.7 Å². The minimum absolute atomic E-state index is 0.308. The van der Waals surface area contributed by atoms with Gasteiger partial charge in [0.25, 0.3) is 0 Å². The lowest BCUT2D eigenvalue weighted by atomic mass is 9.99. The molecule has 0 aromatic rings. The molecule has 1 heterocycles. The van der Waals surface area contributed by atoms with E-state index in [1.807, 2.05) is 11.9 Å². The molecule has 1 rings (SSSR count). The van der Waals surface area contributed by atoms with Crippen LogP contribution in [0.5, 0.6) is 0 Å². The van der Waals surface area contributed by atoms with Gasteiger partial charge in [-0.3, -0.25) is 4.79 Å². The van der Waals surface area contributed by atoms with Crippen molar-refractivity contribution in [2.75, 3.05) is 33.2 Å². The number of hydrogen-bond donors (Lipinski definition) is 1. The van der Waals surface area contributed by atoms with Crippen LogP contribution in [0.4, 0.5) is 0 Å². The van der Waals surface area contributed by atoms with Crippen LogP contribution in [0.15, 0.2) is 0 Å². The Bertz CT molecular complexity index is 275. The van der Waals surface area contributed by atoms with Gasteiger partial charge in [0.15, 0.2) is 0 Å². The number of carbonyl (C=O) groups is 1. The fraction of sp³-hybridized carbons (Fsp3) is 0.938. The molecule has 4 nitrogen and oxygen atoms in total. The third kappa shape index (κ3) is 5.80. The van der Waals surface area contributed by atoms with E-state index >= 15 is 0 Å². The molecule has 0 spiro atoms. The van der Waals surface area contributed by atoms with E-state index in [1.54, 1.807) is 0 Å². The maximum Gasteiger partial charge on any atom is 0.222 e. The Balaban J connectivity index is 2.27. The van der Waals surface area contributed by atoms with Crippen LogP contribution in [-0.4, -0.2) is 55.0 Å². The van der Waals surface area contributed by atoms with Crippen LogP contribution in [0.2, 0.25) is 0 Å². The Kier molecular flexibility index (Phi) is 8.15. The van der Waals surface area contributed by atoms with Gasteiger partial charge >= 0.3 is 0 Å². The average molecular weight is 283 g/mol. The molecule has 1 amide bonds. The second-order valence-corrected chi connectivity index (χ2v) is 6.30. The molecule has 118 valence electrons. The molecule has 20 heavy (non-hydrogen) atoms. The first-order valence-electron chi connectivity index (χ1n) is 8.26. The quantitative estimate of drug-likeness (QED) is 0.742. The zero-order valence-electron chi connectivity index (χ0n) is 13.6. The maximum absolute atomic E-state index is 12.2. The number of nitrogens with two attached hydrogens (primary N) is 1. The molecule has 0 bridgehead atoms. The summed E-state index contributed by atoms with van der Waals surface area (Å²) in [5.41, 5.74) is 5.55. The summed E-state index contributed by atoms with van der Waals surface area (Å²) in [6.07, 6.45) is 6.13. The Morgan fingerprint density at radius 3 is 2.55 bits per heavy atom. The smallest absolute Gasteiger partial charge is 0.222 e. The number of carbonyl (C=O) groups excluding carboxylic acids is 1. The zero-order valence-corrected chi connectivity index (χ0v) is 13.6. The van der Waals surface area contributed by atoms with Crippen LogP contribution in [-0.2, 0) is 4.79 Å². The lowest BCUT2D eigenvalue weighted by molar-refractivity contribution is -0.133. The lowest BCUT2D eigenvalue weighted by Crippen LogP contribution is -2.45. The molecule has 4 heteroatoms. The molecule has 0 aromatic heterocycles. The van der Waals surface area contributed by atoms with Gasteiger partial charge in [0.2, 0.25) is 5.91 Å².